The second-order valence-electron chi connectivity index (χ2n) is 9.05. The van der Waals surface area contributed by atoms with E-state index in [9.17, 15) is 0 Å². The van der Waals surface area contributed by atoms with Gasteiger partial charge in [0.1, 0.15) is 0 Å². The molecule has 1 aliphatic carbocycles. The molecule has 35 heavy (non-hydrogen) atoms. The molecule has 0 saturated carbocycles. The van der Waals surface area contributed by atoms with Crippen LogP contribution in [0.4, 0.5) is 22.7 Å². The number of fused-ring (bicyclic) bond motifs is 2. The van der Waals surface area contributed by atoms with Crippen molar-refractivity contribution in [1.82, 2.24) is 0 Å². The quantitative estimate of drug-likeness (QED) is 0.262. The molecule has 5 aromatic rings. The summed E-state index contributed by atoms with van der Waals surface area (Å²) < 4.78 is 0. The van der Waals surface area contributed by atoms with Crippen molar-refractivity contribution in [1.29, 1.82) is 0 Å². The SMILES string of the molecule is CN(c1ccc(N(C2=CCCC=C2)c2cccc3ccccc23)cc1)c1ccc2ccccc2c1. The maximum atomic E-state index is 2.39. The Morgan fingerprint density at radius 3 is 2.06 bits per heavy atom. The summed E-state index contributed by atoms with van der Waals surface area (Å²) in [7, 11) is 2.13. The number of hydrogen-bond donors (Lipinski definition) is 0. The molecule has 170 valence electrons. The van der Waals surface area contributed by atoms with Gasteiger partial charge in [0.2, 0.25) is 0 Å². The molecule has 0 fully saturated rings. The first-order chi connectivity index (χ1) is 17.3. The van der Waals surface area contributed by atoms with E-state index >= 15 is 0 Å². The largest absolute Gasteiger partial charge is 0.345 e. The Bertz CT molecular complexity index is 1550. The highest BCUT2D eigenvalue weighted by Gasteiger charge is 2.17. The van der Waals surface area contributed by atoms with E-state index in [-0.39, 0.29) is 0 Å². The molecule has 0 unspecified atom stereocenters. The van der Waals surface area contributed by atoms with Crippen LogP contribution < -0.4 is 9.80 Å². The van der Waals surface area contributed by atoms with Crippen LogP contribution in [0.3, 0.4) is 0 Å². The van der Waals surface area contributed by atoms with E-state index in [1.165, 1.54) is 38.6 Å². The molecule has 0 spiro atoms. The summed E-state index contributed by atoms with van der Waals surface area (Å²) in [5.74, 6) is 0. The van der Waals surface area contributed by atoms with Crippen LogP contribution in [0.5, 0.6) is 0 Å². The zero-order chi connectivity index (χ0) is 23.6. The fraction of sp³-hybridized carbons (Fsp3) is 0.0909. The van der Waals surface area contributed by atoms with Gasteiger partial charge in [0.25, 0.3) is 0 Å². The van der Waals surface area contributed by atoms with Gasteiger partial charge in [-0.3, -0.25) is 0 Å². The van der Waals surface area contributed by atoms with E-state index in [1.54, 1.807) is 0 Å². The Hall–Kier alpha value is -4.30. The Kier molecular flexibility index (Phi) is 5.56. The van der Waals surface area contributed by atoms with Crippen LogP contribution in [-0.4, -0.2) is 7.05 Å². The molecule has 0 N–H and O–H groups in total. The van der Waals surface area contributed by atoms with Crippen LogP contribution >= 0.6 is 0 Å². The fourth-order valence-electron chi connectivity index (χ4n) is 4.96. The number of allylic oxidation sites excluding steroid dienone is 3. The Morgan fingerprint density at radius 2 is 1.26 bits per heavy atom. The Labute approximate surface area is 207 Å². The zero-order valence-corrected chi connectivity index (χ0v) is 19.9. The lowest BCUT2D eigenvalue weighted by molar-refractivity contribution is 0.998. The van der Waals surface area contributed by atoms with Gasteiger partial charge in [-0.15, -0.1) is 0 Å². The summed E-state index contributed by atoms with van der Waals surface area (Å²) in [6, 6.07) is 39.2. The third kappa shape index (κ3) is 4.08. The van der Waals surface area contributed by atoms with Crippen molar-refractivity contribution in [3.63, 3.8) is 0 Å². The molecule has 0 amide bonds. The highest BCUT2D eigenvalue weighted by atomic mass is 15.2. The van der Waals surface area contributed by atoms with Gasteiger partial charge in [0.05, 0.1) is 5.69 Å². The van der Waals surface area contributed by atoms with Crippen LogP contribution in [0.1, 0.15) is 12.8 Å². The van der Waals surface area contributed by atoms with Gasteiger partial charge < -0.3 is 9.80 Å². The summed E-state index contributed by atoms with van der Waals surface area (Å²) in [5, 5.41) is 5.03. The van der Waals surface area contributed by atoms with Crippen molar-refractivity contribution in [2.75, 3.05) is 16.8 Å². The summed E-state index contributed by atoms with van der Waals surface area (Å²) in [5.41, 5.74) is 5.94. The number of nitrogens with zero attached hydrogens (tertiary/aromatic N) is 2. The second kappa shape index (κ2) is 9.15. The van der Waals surface area contributed by atoms with E-state index in [4.69, 9.17) is 0 Å². The van der Waals surface area contributed by atoms with Gasteiger partial charge in [-0.1, -0.05) is 78.9 Å². The van der Waals surface area contributed by atoms with Crippen LogP contribution in [0.2, 0.25) is 0 Å². The lowest BCUT2D eigenvalue weighted by Gasteiger charge is -2.29. The molecule has 6 rings (SSSR count). The predicted molar refractivity (Wildman–Crippen MR) is 151 cm³/mol. The highest BCUT2D eigenvalue weighted by Crippen LogP contribution is 2.38. The second-order valence-corrected chi connectivity index (χ2v) is 9.05. The molecule has 1 aliphatic rings. The van der Waals surface area contributed by atoms with Gasteiger partial charge in [-0.25, -0.2) is 0 Å². The lowest BCUT2D eigenvalue weighted by Crippen LogP contribution is -2.17. The monoisotopic (exact) mass is 452 g/mol. The van der Waals surface area contributed by atoms with Crippen molar-refractivity contribution >= 4 is 44.3 Å². The molecular weight excluding hydrogens is 424 g/mol. The van der Waals surface area contributed by atoms with E-state index < -0.39 is 0 Å². The van der Waals surface area contributed by atoms with E-state index in [2.05, 4.69) is 144 Å². The minimum absolute atomic E-state index is 1.07. The average molecular weight is 453 g/mol. The van der Waals surface area contributed by atoms with Gasteiger partial charge in [0, 0.05) is 35.2 Å². The van der Waals surface area contributed by atoms with Crippen molar-refractivity contribution in [3.05, 3.63) is 133 Å². The van der Waals surface area contributed by atoms with Gasteiger partial charge >= 0.3 is 0 Å². The maximum absolute atomic E-state index is 2.39. The molecule has 0 atom stereocenters. The van der Waals surface area contributed by atoms with E-state index in [0.29, 0.717) is 0 Å². The van der Waals surface area contributed by atoms with Crippen molar-refractivity contribution in [3.8, 4) is 0 Å². The number of benzene rings is 5. The Balaban J connectivity index is 1.39. The average Bonchev–Trinajstić information content (AvgIpc) is 2.94. The molecule has 2 nitrogen and oxygen atoms in total. The summed E-state index contributed by atoms with van der Waals surface area (Å²) >= 11 is 0. The van der Waals surface area contributed by atoms with Crippen LogP contribution in [0, 0.1) is 0 Å². The zero-order valence-electron chi connectivity index (χ0n) is 19.9. The molecule has 0 aliphatic heterocycles. The molecular formula is C33H28N2. The standard InChI is InChI=1S/C33H28N2/c1-34(31-19-18-25-10-5-6-12-27(25)24-31)28-20-22-30(23-21-28)35(29-14-3-2-4-15-29)33-17-9-13-26-11-7-8-16-32(26)33/h3,5-24H,2,4H2,1H3. The molecule has 2 heteroatoms. The van der Waals surface area contributed by atoms with Crippen molar-refractivity contribution in [2.45, 2.75) is 12.8 Å². The first kappa shape index (κ1) is 21.2. The molecule has 0 radical (unpaired) electrons. The molecule has 0 bridgehead atoms. The highest BCUT2D eigenvalue weighted by molar-refractivity contribution is 5.97. The van der Waals surface area contributed by atoms with E-state index in [1.807, 2.05) is 0 Å². The Morgan fingerprint density at radius 1 is 0.571 bits per heavy atom. The third-order valence-electron chi connectivity index (χ3n) is 6.86. The minimum atomic E-state index is 1.07. The lowest BCUT2D eigenvalue weighted by atomic mass is 10.0. The first-order valence-corrected chi connectivity index (χ1v) is 12.3. The first-order valence-electron chi connectivity index (χ1n) is 12.3. The summed E-state index contributed by atoms with van der Waals surface area (Å²) in [4.78, 5) is 4.63. The van der Waals surface area contributed by atoms with Gasteiger partial charge in [-0.2, -0.15) is 0 Å². The van der Waals surface area contributed by atoms with Crippen LogP contribution in [0.15, 0.2) is 133 Å². The number of rotatable bonds is 5. The fourth-order valence-corrected chi connectivity index (χ4v) is 4.96. The minimum Gasteiger partial charge on any atom is -0.345 e. The topological polar surface area (TPSA) is 6.48 Å². The van der Waals surface area contributed by atoms with Gasteiger partial charge in [-0.05, 0) is 77.5 Å². The van der Waals surface area contributed by atoms with Crippen molar-refractivity contribution in [2.24, 2.45) is 0 Å². The molecule has 5 aromatic carbocycles. The summed E-state index contributed by atoms with van der Waals surface area (Å²) in [6.45, 7) is 0. The number of hydrogen-bond acceptors (Lipinski definition) is 2. The van der Waals surface area contributed by atoms with Crippen molar-refractivity contribution < 1.29 is 0 Å². The van der Waals surface area contributed by atoms with E-state index in [0.717, 1.165) is 24.2 Å². The molecule has 0 saturated heterocycles. The number of anilines is 4. The summed E-state index contributed by atoms with van der Waals surface area (Å²) in [6.07, 6.45) is 9.03. The molecule has 0 heterocycles. The molecule has 0 aromatic heterocycles. The maximum Gasteiger partial charge on any atom is 0.0539 e. The third-order valence-corrected chi connectivity index (χ3v) is 6.86. The van der Waals surface area contributed by atoms with Crippen LogP contribution in [-0.2, 0) is 0 Å². The normalized spacial score (nSPS) is 13.1. The van der Waals surface area contributed by atoms with Crippen LogP contribution in [0.25, 0.3) is 21.5 Å². The van der Waals surface area contributed by atoms with Gasteiger partial charge in [0.15, 0.2) is 0 Å². The smallest absolute Gasteiger partial charge is 0.0539 e. The predicted octanol–water partition coefficient (Wildman–Crippen LogP) is 9.13.